The van der Waals surface area contributed by atoms with Crippen LogP contribution >= 0.6 is 0 Å². The number of hydrogen-bond acceptors (Lipinski definition) is 7. The number of nitrogens with two attached hydrogens (primary N) is 1. The summed E-state index contributed by atoms with van der Waals surface area (Å²) in [6.45, 7) is 0.518. The number of aliphatic carboxylic acids is 1. The molecule has 0 aliphatic heterocycles. The molecule has 134 valence electrons. The summed E-state index contributed by atoms with van der Waals surface area (Å²) in [4.78, 5) is 22.0. The summed E-state index contributed by atoms with van der Waals surface area (Å²) in [5.74, 6) is -0.421. The van der Waals surface area contributed by atoms with Crippen molar-refractivity contribution in [3.63, 3.8) is 0 Å². The fraction of sp³-hybridized carbons (Fsp3) is 0.533. The molecule has 9 nitrogen and oxygen atoms in total. The van der Waals surface area contributed by atoms with Crippen LogP contribution in [-0.2, 0) is 11.3 Å². The van der Waals surface area contributed by atoms with Gasteiger partial charge in [0, 0.05) is 12.1 Å². The summed E-state index contributed by atoms with van der Waals surface area (Å²) >= 11 is 0. The molecule has 0 fully saturated rings. The Bertz CT molecular complexity index is 579. The second-order valence-electron chi connectivity index (χ2n) is 5.15. The minimum absolute atomic E-state index is 0.0241. The molecule has 1 unspecified atom stereocenters. The molecule has 24 heavy (non-hydrogen) atoms. The molecule has 0 spiro atoms. The van der Waals surface area contributed by atoms with E-state index in [0.29, 0.717) is 30.7 Å². The van der Waals surface area contributed by atoms with Gasteiger partial charge in [-0.1, -0.05) is 6.42 Å². The second-order valence-corrected chi connectivity index (χ2v) is 5.15. The summed E-state index contributed by atoms with van der Waals surface area (Å²) in [5.41, 5.74) is 5.56. The highest BCUT2D eigenvalue weighted by molar-refractivity contribution is 5.73. The zero-order chi connectivity index (χ0) is 18.1. The van der Waals surface area contributed by atoms with Gasteiger partial charge in [-0.15, -0.1) is 0 Å². The molecule has 0 aliphatic carbocycles. The summed E-state index contributed by atoms with van der Waals surface area (Å²) in [5, 5.41) is 23.3. The zero-order valence-corrected chi connectivity index (χ0v) is 13.8. The molecule has 0 aromatic heterocycles. The van der Waals surface area contributed by atoms with E-state index in [0.717, 1.165) is 6.42 Å². The Morgan fingerprint density at radius 1 is 1.33 bits per heavy atom. The Kier molecular flexibility index (Phi) is 7.93. The molecule has 1 atom stereocenters. The number of nitrogens with one attached hydrogen (secondary N) is 1. The van der Waals surface area contributed by atoms with Crippen molar-refractivity contribution in [1.82, 2.24) is 5.32 Å². The van der Waals surface area contributed by atoms with Gasteiger partial charge in [-0.25, -0.2) is 0 Å². The molecule has 0 aliphatic rings. The van der Waals surface area contributed by atoms with Crippen LogP contribution in [0.2, 0.25) is 0 Å². The molecule has 4 N–H and O–H groups in total. The number of ether oxygens (including phenoxy) is 2. The lowest BCUT2D eigenvalue weighted by Gasteiger charge is -2.15. The van der Waals surface area contributed by atoms with Crippen molar-refractivity contribution in [2.75, 3.05) is 20.8 Å². The quantitative estimate of drug-likeness (QED) is 0.311. The molecule has 1 aromatic rings. The van der Waals surface area contributed by atoms with E-state index in [2.05, 4.69) is 5.32 Å². The predicted molar refractivity (Wildman–Crippen MR) is 87.4 cm³/mol. The van der Waals surface area contributed by atoms with Crippen molar-refractivity contribution in [3.05, 3.63) is 27.8 Å². The fourth-order valence-corrected chi connectivity index (χ4v) is 2.26. The fourth-order valence-electron chi connectivity index (χ4n) is 2.26. The molecule has 0 radical (unpaired) electrons. The maximum Gasteiger partial charge on any atom is 0.320 e. The Balaban J connectivity index is 2.95. The monoisotopic (exact) mass is 341 g/mol. The first kappa shape index (κ1) is 19.7. The Morgan fingerprint density at radius 2 is 1.96 bits per heavy atom. The van der Waals surface area contributed by atoms with Crippen LogP contribution in [0.1, 0.15) is 24.8 Å². The van der Waals surface area contributed by atoms with Crippen LogP contribution in [0.15, 0.2) is 12.1 Å². The SMILES string of the molecule is COc1cc(CNC(CCCCN)C(=O)O)c([N+](=O)[O-])cc1OC. The van der Waals surface area contributed by atoms with Crippen LogP contribution < -0.4 is 20.5 Å². The molecule has 0 bridgehead atoms. The number of benzene rings is 1. The van der Waals surface area contributed by atoms with Gasteiger partial charge < -0.3 is 25.6 Å². The van der Waals surface area contributed by atoms with E-state index >= 15 is 0 Å². The van der Waals surface area contributed by atoms with E-state index in [1.807, 2.05) is 0 Å². The number of nitro benzene ring substituents is 1. The number of methoxy groups -OCH3 is 2. The van der Waals surface area contributed by atoms with Gasteiger partial charge in [0.05, 0.1) is 25.2 Å². The summed E-state index contributed by atoms with van der Waals surface area (Å²) in [7, 11) is 2.81. The average molecular weight is 341 g/mol. The third-order valence-electron chi connectivity index (χ3n) is 3.57. The van der Waals surface area contributed by atoms with Crippen molar-refractivity contribution in [3.8, 4) is 11.5 Å². The number of carboxylic acid groups (broad SMARTS) is 1. The second kappa shape index (κ2) is 9.68. The van der Waals surface area contributed by atoms with E-state index in [4.69, 9.17) is 15.2 Å². The minimum atomic E-state index is -1.00. The van der Waals surface area contributed by atoms with E-state index in [-0.39, 0.29) is 18.0 Å². The lowest BCUT2D eigenvalue weighted by molar-refractivity contribution is -0.385. The van der Waals surface area contributed by atoms with Gasteiger partial charge in [-0.2, -0.15) is 0 Å². The Hall–Kier alpha value is -2.39. The smallest absolute Gasteiger partial charge is 0.320 e. The molecule has 1 rings (SSSR count). The van der Waals surface area contributed by atoms with Crippen LogP contribution in [-0.4, -0.2) is 42.8 Å². The van der Waals surface area contributed by atoms with E-state index in [1.54, 1.807) is 0 Å². The van der Waals surface area contributed by atoms with Crippen molar-refractivity contribution in [2.24, 2.45) is 5.73 Å². The highest BCUT2D eigenvalue weighted by atomic mass is 16.6. The van der Waals surface area contributed by atoms with Crippen LogP contribution in [0, 0.1) is 10.1 Å². The molecule has 0 saturated carbocycles. The zero-order valence-electron chi connectivity index (χ0n) is 13.8. The normalized spacial score (nSPS) is 11.8. The van der Waals surface area contributed by atoms with Gasteiger partial charge in [0.2, 0.25) is 0 Å². The summed E-state index contributed by atoms with van der Waals surface area (Å²) in [6, 6.07) is 1.94. The van der Waals surface area contributed by atoms with Crippen LogP contribution in [0.25, 0.3) is 0 Å². The van der Waals surface area contributed by atoms with Crippen LogP contribution in [0.4, 0.5) is 5.69 Å². The maximum absolute atomic E-state index is 11.3. The number of hydrogen-bond donors (Lipinski definition) is 3. The summed E-state index contributed by atoms with van der Waals surface area (Å²) in [6.07, 6.45) is 1.78. The van der Waals surface area contributed by atoms with Crippen molar-refractivity contribution in [2.45, 2.75) is 31.8 Å². The molecule has 1 aromatic carbocycles. The molecule has 0 saturated heterocycles. The first-order valence-corrected chi connectivity index (χ1v) is 7.50. The molecule has 0 heterocycles. The van der Waals surface area contributed by atoms with Gasteiger partial charge in [0.25, 0.3) is 5.69 Å². The lowest BCUT2D eigenvalue weighted by Crippen LogP contribution is -2.36. The van der Waals surface area contributed by atoms with Gasteiger partial charge in [0.15, 0.2) is 11.5 Å². The van der Waals surface area contributed by atoms with Crippen molar-refractivity contribution < 1.29 is 24.3 Å². The highest BCUT2D eigenvalue weighted by Gasteiger charge is 2.22. The van der Waals surface area contributed by atoms with Crippen molar-refractivity contribution >= 4 is 11.7 Å². The standard InChI is InChI=1S/C15H23N3O6/c1-23-13-7-10(12(18(21)22)8-14(13)24-2)9-17-11(15(19)20)5-3-4-6-16/h7-8,11,17H,3-6,9,16H2,1-2H3,(H,19,20). The van der Waals surface area contributed by atoms with Crippen molar-refractivity contribution in [1.29, 1.82) is 0 Å². The maximum atomic E-state index is 11.3. The average Bonchev–Trinajstić information content (AvgIpc) is 2.56. The summed E-state index contributed by atoms with van der Waals surface area (Å²) < 4.78 is 10.2. The lowest BCUT2D eigenvalue weighted by atomic mass is 10.1. The Labute approximate surface area is 139 Å². The number of carbonyl (C=O) groups is 1. The topological polar surface area (TPSA) is 137 Å². The number of nitro groups is 1. The van der Waals surface area contributed by atoms with Gasteiger partial charge in [0.1, 0.15) is 6.04 Å². The molecule has 0 amide bonds. The third kappa shape index (κ3) is 5.36. The number of unbranched alkanes of at least 4 members (excludes halogenated alkanes) is 1. The van der Waals surface area contributed by atoms with E-state index in [1.165, 1.54) is 26.4 Å². The van der Waals surface area contributed by atoms with Gasteiger partial charge >= 0.3 is 5.97 Å². The number of carboxylic acids is 1. The number of rotatable bonds is 11. The van der Waals surface area contributed by atoms with E-state index in [9.17, 15) is 20.0 Å². The number of nitrogens with zero attached hydrogens (tertiary/aromatic N) is 1. The predicted octanol–water partition coefficient (Wildman–Crippen LogP) is 1.28. The highest BCUT2D eigenvalue weighted by Crippen LogP contribution is 2.34. The Morgan fingerprint density at radius 3 is 2.46 bits per heavy atom. The van der Waals surface area contributed by atoms with Crippen LogP contribution in [0.5, 0.6) is 11.5 Å². The largest absolute Gasteiger partial charge is 0.493 e. The molecular formula is C15H23N3O6. The van der Waals surface area contributed by atoms with E-state index < -0.39 is 16.9 Å². The molecule has 9 heteroatoms. The minimum Gasteiger partial charge on any atom is -0.493 e. The van der Waals surface area contributed by atoms with Gasteiger partial charge in [-0.05, 0) is 25.5 Å². The van der Waals surface area contributed by atoms with Crippen LogP contribution in [0.3, 0.4) is 0 Å². The first-order chi connectivity index (χ1) is 11.4. The first-order valence-electron chi connectivity index (χ1n) is 7.50. The third-order valence-corrected chi connectivity index (χ3v) is 3.57. The molecular weight excluding hydrogens is 318 g/mol. The van der Waals surface area contributed by atoms with Gasteiger partial charge in [-0.3, -0.25) is 14.9 Å².